The molecule has 2 amide bonds. The van der Waals surface area contributed by atoms with Crippen LogP contribution in [0.3, 0.4) is 0 Å². The summed E-state index contributed by atoms with van der Waals surface area (Å²) in [6, 6.07) is -0.773. The Labute approximate surface area is 186 Å². The summed E-state index contributed by atoms with van der Waals surface area (Å²) in [7, 11) is 0. The number of thiazole rings is 1. The summed E-state index contributed by atoms with van der Waals surface area (Å²) in [5.41, 5.74) is 12.2. The number of β-lactam (4-membered cyclic amide) rings is 1. The molecule has 2 aromatic rings. The van der Waals surface area contributed by atoms with Crippen LogP contribution < -0.4 is 16.8 Å². The van der Waals surface area contributed by atoms with Crippen LogP contribution in [0.1, 0.15) is 5.69 Å². The number of amides is 2. The molecule has 2 aliphatic heterocycles. The lowest BCUT2D eigenvalue weighted by atomic mass is 10.0. The third kappa shape index (κ3) is 4.10. The van der Waals surface area contributed by atoms with Gasteiger partial charge in [-0.1, -0.05) is 23.1 Å². The summed E-state index contributed by atoms with van der Waals surface area (Å²) in [5, 5.41) is 21.9. The first-order valence-electron chi connectivity index (χ1n) is 8.44. The maximum Gasteiger partial charge on any atom is 0.352 e. The Morgan fingerprint density at radius 1 is 1.33 bits per heavy atom. The molecule has 11 nitrogen and oxygen atoms in total. The molecule has 0 aliphatic carbocycles. The van der Waals surface area contributed by atoms with Crippen LogP contribution in [-0.4, -0.2) is 65.9 Å². The predicted octanol–water partition coefficient (Wildman–Crippen LogP) is 0.232. The van der Waals surface area contributed by atoms with Gasteiger partial charge in [0.05, 0.1) is 12.1 Å². The maximum absolute atomic E-state index is 12.6. The standard InChI is InChI=1S/C15H15N7O4S4/c16-13-18-6(4-28-13)1-7(23)19-8-10(24)22-9(12(25)26)5(2-27-11(8)22)3-29-15-21-20-14(17)30-15/h4,8,11H,1-3H2,(H2,16,18)(H2,17,20)(H,19,23)(H,25,26)/t8?,11-/m1/s1. The van der Waals surface area contributed by atoms with Crippen molar-refractivity contribution in [3.8, 4) is 0 Å². The van der Waals surface area contributed by atoms with E-state index in [2.05, 4.69) is 20.5 Å². The Balaban J connectivity index is 1.43. The van der Waals surface area contributed by atoms with Crippen LogP contribution in [0.25, 0.3) is 0 Å². The van der Waals surface area contributed by atoms with E-state index < -0.39 is 23.3 Å². The van der Waals surface area contributed by atoms with Crippen LogP contribution in [0.5, 0.6) is 0 Å². The number of carbonyl (C=O) groups excluding carboxylic acids is 2. The fourth-order valence-electron chi connectivity index (χ4n) is 3.01. The highest BCUT2D eigenvalue weighted by molar-refractivity contribution is 8.01. The van der Waals surface area contributed by atoms with Gasteiger partial charge in [-0.15, -0.1) is 33.3 Å². The van der Waals surface area contributed by atoms with E-state index in [-0.39, 0.29) is 18.0 Å². The molecular weight excluding hydrogens is 470 g/mol. The van der Waals surface area contributed by atoms with Gasteiger partial charge in [0, 0.05) is 16.9 Å². The van der Waals surface area contributed by atoms with Crippen LogP contribution in [0, 0.1) is 0 Å². The van der Waals surface area contributed by atoms with Gasteiger partial charge >= 0.3 is 5.97 Å². The number of thioether (sulfide) groups is 2. The molecule has 6 N–H and O–H groups in total. The Morgan fingerprint density at radius 2 is 2.13 bits per heavy atom. The molecule has 15 heteroatoms. The van der Waals surface area contributed by atoms with Crippen molar-refractivity contribution in [1.29, 1.82) is 0 Å². The SMILES string of the molecule is Nc1nc(CC(=O)NC2C(=O)N3C(C(=O)O)=C(CSc4nnc(N)s4)CS[C@H]23)cs1. The van der Waals surface area contributed by atoms with E-state index in [4.69, 9.17) is 11.5 Å². The lowest BCUT2D eigenvalue weighted by molar-refractivity contribution is -0.150. The molecule has 4 heterocycles. The summed E-state index contributed by atoms with van der Waals surface area (Å²) < 4.78 is 0.625. The molecule has 0 saturated carbocycles. The quantitative estimate of drug-likeness (QED) is 0.312. The molecule has 2 aromatic heterocycles. The zero-order valence-corrected chi connectivity index (χ0v) is 18.4. The molecule has 1 unspecified atom stereocenters. The number of carbonyl (C=O) groups is 3. The number of carboxylic acid groups (broad SMARTS) is 1. The van der Waals surface area contributed by atoms with Crippen LogP contribution in [0.2, 0.25) is 0 Å². The van der Waals surface area contributed by atoms with Gasteiger partial charge < -0.3 is 21.9 Å². The number of aromatic nitrogens is 3. The molecule has 0 spiro atoms. The number of anilines is 2. The maximum atomic E-state index is 12.6. The average Bonchev–Trinajstić information content (AvgIpc) is 3.31. The van der Waals surface area contributed by atoms with Crippen molar-refractivity contribution in [2.75, 3.05) is 23.0 Å². The third-order valence-electron chi connectivity index (χ3n) is 4.27. The van der Waals surface area contributed by atoms with Gasteiger partial charge in [0.1, 0.15) is 17.1 Å². The van der Waals surface area contributed by atoms with Crippen molar-refractivity contribution in [2.24, 2.45) is 0 Å². The zero-order valence-electron chi connectivity index (χ0n) is 15.1. The molecular formula is C15H15N7O4S4. The molecule has 1 saturated heterocycles. The lowest BCUT2D eigenvalue weighted by Gasteiger charge is -2.49. The van der Waals surface area contributed by atoms with Gasteiger partial charge in [0.25, 0.3) is 5.91 Å². The summed E-state index contributed by atoms with van der Waals surface area (Å²) in [5.74, 6) is -1.22. The van der Waals surface area contributed by atoms with Gasteiger partial charge in [0.15, 0.2) is 9.47 Å². The molecule has 0 radical (unpaired) electrons. The Kier molecular flexibility index (Phi) is 5.86. The van der Waals surface area contributed by atoms with Gasteiger partial charge in [-0.05, 0) is 5.57 Å². The Hall–Kier alpha value is -2.36. The summed E-state index contributed by atoms with van der Waals surface area (Å²) in [4.78, 5) is 42.0. The first-order valence-corrected chi connectivity index (χ1v) is 12.2. The molecule has 2 aliphatic rings. The molecule has 0 aromatic carbocycles. The first-order chi connectivity index (χ1) is 14.3. The fraction of sp³-hybridized carbons (Fsp3) is 0.333. The van der Waals surface area contributed by atoms with Crippen molar-refractivity contribution in [2.45, 2.75) is 22.2 Å². The van der Waals surface area contributed by atoms with Gasteiger partial charge in [-0.2, -0.15) is 0 Å². The lowest BCUT2D eigenvalue weighted by Crippen LogP contribution is -2.70. The summed E-state index contributed by atoms with van der Waals surface area (Å²) in [6.07, 6.45) is 0.00334. The number of aliphatic carboxylic acids is 1. The number of nitrogens with one attached hydrogen (secondary N) is 1. The van der Waals surface area contributed by atoms with Gasteiger partial charge in [-0.25, -0.2) is 9.78 Å². The number of rotatable bonds is 7. The number of nitrogens with two attached hydrogens (primary N) is 2. The normalized spacial score (nSPS) is 20.7. The highest BCUT2D eigenvalue weighted by atomic mass is 32.2. The van der Waals surface area contributed by atoms with Crippen molar-refractivity contribution in [3.05, 3.63) is 22.3 Å². The third-order valence-corrected chi connectivity index (χ3v) is 8.30. The topological polar surface area (TPSA) is 177 Å². The number of nitrogens with zero attached hydrogens (tertiary/aromatic N) is 4. The van der Waals surface area contributed by atoms with E-state index in [1.165, 1.54) is 51.1 Å². The van der Waals surface area contributed by atoms with Crippen LogP contribution >= 0.6 is 46.2 Å². The molecule has 4 rings (SSSR count). The van der Waals surface area contributed by atoms with Gasteiger partial charge in [-0.3, -0.25) is 14.5 Å². The number of nitrogen functional groups attached to an aromatic ring is 2. The van der Waals surface area contributed by atoms with Crippen molar-refractivity contribution < 1.29 is 19.5 Å². The van der Waals surface area contributed by atoms with Gasteiger partial charge in [0.2, 0.25) is 11.0 Å². The van der Waals surface area contributed by atoms with Crippen molar-refractivity contribution in [1.82, 2.24) is 25.4 Å². The molecule has 0 bridgehead atoms. The van der Waals surface area contributed by atoms with Crippen LogP contribution in [-0.2, 0) is 20.8 Å². The molecule has 158 valence electrons. The van der Waals surface area contributed by atoms with E-state index in [1.54, 1.807) is 5.38 Å². The smallest absolute Gasteiger partial charge is 0.352 e. The summed E-state index contributed by atoms with van der Waals surface area (Å²) in [6.45, 7) is 0. The van der Waals surface area contributed by atoms with E-state index >= 15 is 0 Å². The molecule has 30 heavy (non-hydrogen) atoms. The number of carboxylic acids is 1. The number of hydrogen-bond acceptors (Lipinski definition) is 12. The molecule has 2 atom stereocenters. The largest absolute Gasteiger partial charge is 0.477 e. The monoisotopic (exact) mass is 485 g/mol. The highest BCUT2D eigenvalue weighted by Gasteiger charge is 2.54. The Morgan fingerprint density at radius 3 is 2.77 bits per heavy atom. The second kappa shape index (κ2) is 8.41. The molecule has 1 fully saturated rings. The van der Waals surface area contributed by atoms with E-state index in [0.717, 1.165) is 0 Å². The first kappa shape index (κ1) is 20.9. The van der Waals surface area contributed by atoms with Crippen molar-refractivity contribution >= 4 is 74.2 Å². The minimum Gasteiger partial charge on any atom is -0.477 e. The van der Waals surface area contributed by atoms with E-state index in [9.17, 15) is 19.5 Å². The minimum absolute atomic E-state index is 0.00334. The predicted molar refractivity (Wildman–Crippen MR) is 115 cm³/mol. The van der Waals surface area contributed by atoms with Crippen LogP contribution in [0.15, 0.2) is 21.0 Å². The Bertz CT molecular complexity index is 1050. The van der Waals surface area contributed by atoms with E-state index in [1.807, 2.05) is 0 Å². The van der Waals surface area contributed by atoms with Crippen LogP contribution in [0.4, 0.5) is 10.3 Å². The fourth-order valence-corrected chi connectivity index (χ4v) is 6.70. The summed E-state index contributed by atoms with van der Waals surface area (Å²) >= 11 is 5.17. The number of hydrogen-bond donors (Lipinski definition) is 4. The highest BCUT2D eigenvalue weighted by Crippen LogP contribution is 2.41. The minimum atomic E-state index is -1.18. The average molecular weight is 486 g/mol. The second-order valence-corrected chi connectivity index (χ2v) is 10.5. The zero-order chi connectivity index (χ0) is 21.4. The second-order valence-electron chi connectivity index (χ2n) is 6.26. The number of fused-ring (bicyclic) bond motifs is 1. The van der Waals surface area contributed by atoms with Crippen molar-refractivity contribution in [3.63, 3.8) is 0 Å². The van der Waals surface area contributed by atoms with E-state index in [0.29, 0.717) is 37.4 Å².